The first-order chi connectivity index (χ1) is 15.3. The van der Waals surface area contributed by atoms with Gasteiger partial charge in [0.25, 0.3) is 0 Å². The SMILES string of the molecule is CC(C)(C)N1CC(C)(C(O)(c2ccc(OC(F)(F)F)cc2)c2cncc(N3CCCC3)c2)C1. The highest BCUT2D eigenvalue weighted by molar-refractivity contribution is 5.51. The van der Waals surface area contributed by atoms with Crippen LogP contribution >= 0.6 is 0 Å². The molecule has 1 aromatic carbocycles. The third kappa shape index (κ3) is 4.55. The second-order valence-electron chi connectivity index (χ2n) is 10.5. The molecule has 0 amide bonds. The molecule has 1 N–H and O–H groups in total. The van der Waals surface area contributed by atoms with Crippen LogP contribution in [0.25, 0.3) is 0 Å². The largest absolute Gasteiger partial charge is 0.573 e. The van der Waals surface area contributed by atoms with Crippen molar-refractivity contribution >= 4 is 5.69 Å². The van der Waals surface area contributed by atoms with Crippen molar-refractivity contribution in [1.29, 1.82) is 0 Å². The maximum atomic E-state index is 12.7. The number of benzene rings is 1. The highest BCUT2D eigenvalue weighted by atomic mass is 19.4. The Bertz CT molecular complexity index is 976. The zero-order valence-corrected chi connectivity index (χ0v) is 19.6. The van der Waals surface area contributed by atoms with E-state index in [0.717, 1.165) is 31.6 Å². The number of hydrogen-bond acceptors (Lipinski definition) is 5. The fraction of sp³-hybridized carbons (Fsp3) is 0.560. The molecule has 0 aliphatic carbocycles. The predicted molar refractivity (Wildman–Crippen MR) is 121 cm³/mol. The molecule has 1 atom stereocenters. The van der Waals surface area contributed by atoms with Gasteiger partial charge in [0.2, 0.25) is 0 Å². The van der Waals surface area contributed by atoms with Gasteiger partial charge >= 0.3 is 6.36 Å². The van der Waals surface area contributed by atoms with Crippen LogP contribution in [0.5, 0.6) is 5.75 Å². The van der Waals surface area contributed by atoms with Crippen LogP contribution in [0.15, 0.2) is 42.7 Å². The Morgan fingerprint density at radius 1 is 0.970 bits per heavy atom. The first-order valence-electron chi connectivity index (χ1n) is 11.4. The van der Waals surface area contributed by atoms with Crippen molar-refractivity contribution in [2.75, 3.05) is 31.1 Å². The fourth-order valence-corrected chi connectivity index (χ4v) is 5.03. The van der Waals surface area contributed by atoms with Crippen LogP contribution in [0.1, 0.15) is 51.7 Å². The number of alkyl halides is 3. The van der Waals surface area contributed by atoms with Crippen molar-refractivity contribution in [3.05, 3.63) is 53.9 Å². The van der Waals surface area contributed by atoms with Gasteiger partial charge in [0.05, 0.1) is 11.9 Å². The lowest BCUT2D eigenvalue weighted by molar-refractivity contribution is -0.274. The molecule has 2 aliphatic heterocycles. The molecule has 2 fully saturated rings. The number of halogens is 3. The number of likely N-dealkylation sites (tertiary alicyclic amines) is 1. The minimum atomic E-state index is -4.76. The summed E-state index contributed by atoms with van der Waals surface area (Å²) in [6.07, 6.45) is 0.949. The highest BCUT2D eigenvalue weighted by Crippen LogP contribution is 2.52. The Morgan fingerprint density at radius 3 is 2.12 bits per heavy atom. The van der Waals surface area contributed by atoms with Crippen LogP contribution in [0.2, 0.25) is 0 Å². The van der Waals surface area contributed by atoms with Crippen LogP contribution in [-0.4, -0.2) is 53.1 Å². The van der Waals surface area contributed by atoms with Crippen molar-refractivity contribution in [3.63, 3.8) is 0 Å². The van der Waals surface area contributed by atoms with E-state index in [-0.39, 0.29) is 11.3 Å². The fourth-order valence-electron chi connectivity index (χ4n) is 5.03. The maximum Gasteiger partial charge on any atom is 0.573 e. The van der Waals surface area contributed by atoms with Crippen molar-refractivity contribution in [1.82, 2.24) is 9.88 Å². The number of aromatic nitrogens is 1. The van der Waals surface area contributed by atoms with Crippen LogP contribution in [0.3, 0.4) is 0 Å². The van der Waals surface area contributed by atoms with Gasteiger partial charge in [0, 0.05) is 48.9 Å². The van der Waals surface area contributed by atoms with Crippen LogP contribution in [-0.2, 0) is 5.60 Å². The molecular formula is C25H32F3N3O2. The van der Waals surface area contributed by atoms with E-state index in [1.54, 1.807) is 12.4 Å². The monoisotopic (exact) mass is 463 g/mol. The quantitative estimate of drug-likeness (QED) is 0.681. The van der Waals surface area contributed by atoms with E-state index in [4.69, 9.17) is 0 Å². The number of hydrogen-bond donors (Lipinski definition) is 1. The lowest BCUT2D eigenvalue weighted by atomic mass is 9.61. The lowest BCUT2D eigenvalue weighted by Gasteiger charge is -2.60. The summed E-state index contributed by atoms with van der Waals surface area (Å²) in [6, 6.07) is 7.54. The van der Waals surface area contributed by atoms with Gasteiger partial charge in [0.15, 0.2) is 0 Å². The number of ether oxygens (including phenoxy) is 1. The first-order valence-corrected chi connectivity index (χ1v) is 11.4. The van der Waals surface area contributed by atoms with Gasteiger partial charge in [-0.05, 0) is 57.4 Å². The van der Waals surface area contributed by atoms with Gasteiger partial charge in [-0.15, -0.1) is 13.2 Å². The van der Waals surface area contributed by atoms with Crippen molar-refractivity contribution in [3.8, 4) is 5.75 Å². The normalized spacial score (nSPS) is 20.9. The smallest absolute Gasteiger partial charge is 0.406 e. The topological polar surface area (TPSA) is 48.8 Å². The Hall–Kier alpha value is -2.32. The summed E-state index contributed by atoms with van der Waals surface area (Å²) in [5.41, 5.74) is 0.0733. The van der Waals surface area contributed by atoms with Gasteiger partial charge < -0.3 is 14.7 Å². The number of rotatable bonds is 5. The molecular weight excluding hydrogens is 431 g/mol. The molecule has 180 valence electrons. The van der Waals surface area contributed by atoms with Crippen LogP contribution < -0.4 is 9.64 Å². The van der Waals surface area contributed by atoms with E-state index >= 15 is 0 Å². The molecule has 3 heterocycles. The number of aliphatic hydroxyl groups is 1. The molecule has 0 radical (unpaired) electrons. The van der Waals surface area contributed by atoms with Crippen molar-refractivity contribution < 1.29 is 23.0 Å². The number of pyridine rings is 1. The van der Waals surface area contributed by atoms with E-state index in [0.29, 0.717) is 24.2 Å². The summed E-state index contributed by atoms with van der Waals surface area (Å²) in [5, 5.41) is 12.4. The molecule has 1 unspecified atom stereocenters. The Morgan fingerprint density at radius 2 is 1.58 bits per heavy atom. The molecule has 8 heteroatoms. The average molecular weight is 464 g/mol. The third-order valence-electron chi connectivity index (χ3n) is 7.02. The lowest BCUT2D eigenvalue weighted by Crippen LogP contribution is -2.68. The molecule has 0 spiro atoms. The maximum absolute atomic E-state index is 12.7. The summed E-state index contributed by atoms with van der Waals surface area (Å²) in [7, 11) is 0. The molecule has 1 aromatic heterocycles. The van der Waals surface area contributed by atoms with Crippen molar-refractivity contribution in [2.24, 2.45) is 5.41 Å². The molecule has 2 aliphatic rings. The molecule has 2 saturated heterocycles. The van der Waals surface area contributed by atoms with Crippen LogP contribution in [0, 0.1) is 5.41 Å². The molecule has 4 rings (SSSR count). The van der Waals surface area contributed by atoms with Gasteiger partial charge in [-0.1, -0.05) is 19.1 Å². The van der Waals surface area contributed by atoms with E-state index < -0.39 is 17.4 Å². The predicted octanol–water partition coefficient (Wildman–Crippen LogP) is 4.94. The molecule has 2 aromatic rings. The average Bonchev–Trinajstić information content (AvgIpc) is 3.24. The molecule has 33 heavy (non-hydrogen) atoms. The second kappa shape index (κ2) is 8.17. The van der Waals surface area contributed by atoms with Gasteiger partial charge in [-0.25, -0.2) is 0 Å². The van der Waals surface area contributed by atoms with Crippen LogP contribution in [0.4, 0.5) is 18.9 Å². The standard InChI is InChI=1S/C25H32F3N3O2/c1-22(2,3)31-16-23(4,17-31)24(32,18-7-9-21(10-8-18)33-25(26,27)28)19-13-20(15-29-14-19)30-11-5-6-12-30/h7-10,13-15,32H,5-6,11-12,16-17H2,1-4H3. The minimum Gasteiger partial charge on any atom is -0.406 e. The third-order valence-corrected chi connectivity index (χ3v) is 7.02. The van der Waals surface area contributed by atoms with E-state index in [2.05, 4.69) is 40.3 Å². The molecule has 0 bridgehead atoms. The highest BCUT2D eigenvalue weighted by Gasteiger charge is 2.58. The summed E-state index contributed by atoms with van der Waals surface area (Å²) >= 11 is 0. The summed E-state index contributed by atoms with van der Waals surface area (Å²) in [5.74, 6) is -0.312. The Kier molecular flexibility index (Phi) is 5.90. The Labute approximate surface area is 193 Å². The van der Waals surface area contributed by atoms with Crippen molar-refractivity contribution in [2.45, 2.75) is 58.0 Å². The van der Waals surface area contributed by atoms with E-state index in [9.17, 15) is 18.3 Å². The number of nitrogens with zero attached hydrogens (tertiary/aromatic N) is 3. The summed E-state index contributed by atoms with van der Waals surface area (Å²) in [6.45, 7) is 11.6. The second-order valence-corrected chi connectivity index (χ2v) is 10.5. The first kappa shape index (κ1) is 23.8. The molecule has 0 saturated carbocycles. The van der Waals surface area contributed by atoms with Gasteiger partial charge in [-0.2, -0.15) is 0 Å². The Balaban J connectivity index is 1.74. The summed E-state index contributed by atoms with van der Waals surface area (Å²) < 4.78 is 42.0. The molecule has 5 nitrogen and oxygen atoms in total. The zero-order valence-electron chi connectivity index (χ0n) is 19.6. The zero-order chi connectivity index (χ0) is 24.1. The number of anilines is 1. The minimum absolute atomic E-state index is 0.0551. The van der Waals surface area contributed by atoms with E-state index in [1.807, 2.05) is 13.0 Å². The van der Waals surface area contributed by atoms with Gasteiger partial charge in [-0.3, -0.25) is 9.88 Å². The summed E-state index contributed by atoms with van der Waals surface area (Å²) in [4.78, 5) is 8.98. The van der Waals surface area contributed by atoms with E-state index in [1.165, 1.54) is 24.3 Å². The van der Waals surface area contributed by atoms with Gasteiger partial charge in [0.1, 0.15) is 11.4 Å².